The fourth-order valence-corrected chi connectivity index (χ4v) is 5.82. The number of ether oxygens (including phenoxy) is 5. The summed E-state index contributed by atoms with van der Waals surface area (Å²) in [5, 5.41) is 0. The smallest absolute Gasteiger partial charge is 0.466 e. The van der Waals surface area contributed by atoms with Crippen LogP contribution in [0.5, 0.6) is 0 Å². The van der Waals surface area contributed by atoms with E-state index in [4.69, 9.17) is 23.7 Å². The molecule has 9 heteroatoms. The van der Waals surface area contributed by atoms with E-state index in [1.807, 2.05) is 48.5 Å². The number of benzene rings is 5. The van der Waals surface area contributed by atoms with E-state index >= 15 is 0 Å². The zero-order valence-corrected chi connectivity index (χ0v) is 26.5. The van der Waals surface area contributed by atoms with Crippen LogP contribution in [0.1, 0.15) is 52.0 Å². The Hall–Kier alpha value is -6.22. The summed E-state index contributed by atoms with van der Waals surface area (Å²) in [4.78, 5) is 53.4. The van der Waals surface area contributed by atoms with Crippen molar-refractivity contribution in [1.82, 2.24) is 0 Å². The van der Waals surface area contributed by atoms with Crippen LogP contribution in [0.3, 0.4) is 0 Å². The van der Waals surface area contributed by atoms with E-state index in [9.17, 15) is 19.2 Å². The number of hydrogen-bond acceptors (Lipinski definition) is 9. The van der Waals surface area contributed by atoms with Crippen molar-refractivity contribution in [2.45, 2.75) is 24.2 Å². The van der Waals surface area contributed by atoms with Gasteiger partial charge in [-0.15, -0.1) is 0 Å². The van der Waals surface area contributed by atoms with Gasteiger partial charge in [-0.2, -0.15) is 0 Å². The first-order chi connectivity index (χ1) is 23.9. The molecule has 9 nitrogen and oxygen atoms in total. The molecule has 0 aliphatic heterocycles. The van der Waals surface area contributed by atoms with Gasteiger partial charge in [0.05, 0.1) is 7.11 Å². The van der Waals surface area contributed by atoms with Gasteiger partial charge in [0.1, 0.15) is 6.61 Å². The topological polar surface area (TPSA) is 114 Å². The lowest BCUT2D eigenvalue weighted by atomic mass is 9.98. The summed E-state index contributed by atoms with van der Waals surface area (Å²) >= 11 is 0. The predicted molar refractivity (Wildman–Crippen MR) is 178 cm³/mol. The van der Waals surface area contributed by atoms with Gasteiger partial charge in [-0.25, -0.2) is 19.2 Å². The summed E-state index contributed by atoms with van der Waals surface area (Å²) in [6.07, 6.45) is -5.74. The van der Waals surface area contributed by atoms with E-state index in [2.05, 4.69) is 0 Å². The van der Waals surface area contributed by atoms with Gasteiger partial charge < -0.3 is 23.7 Å². The first-order valence-electron chi connectivity index (χ1n) is 15.6. The minimum Gasteiger partial charge on any atom is -0.466 e. The van der Waals surface area contributed by atoms with Crippen LogP contribution in [0.15, 0.2) is 140 Å². The highest BCUT2D eigenvalue weighted by atomic mass is 16.7. The summed E-state index contributed by atoms with van der Waals surface area (Å²) in [6.45, 7) is -0.0310. The lowest BCUT2D eigenvalue weighted by Crippen LogP contribution is -2.30. The maximum Gasteiger partial charge on any atom is 0.509 e. The molecule has 5 aromatic carbocycles. The lowest BCUT2D eigenvalue weighted by Gasteiger charge is -2.23. The Bertz CT molecular complexity index is 1880. The summed E-state index contributed by atoms with van der Waals surface area (Å²) in [6, 6.07) is 40.5. The fraction of sp³-hybridized carbons (Fsp3) is 0.150. The van der Waals surface area contributed by atoms with Gasteiger partial charge in [0.25, 0.3) is 0 Å². The summed E-state index contributed by atoms with van der Waals surface area (Å²) in [7, 11) is 1.17. The predicted octanol–water partition coefficient (Wildman–Crippen LogP) is 7.44. The molecule has 0 aromatic heterocycles. The first kappa shape index (κ1) is 32.7. The third-order valence-electron chi connectivity index (χ3n) is 8.16. The Morgan fingerprint density at radius 3 is 1.29 bits per heavy atom. The van der Waals surface area contributed by atoms with Gasteiger partial charge in [-0.3, -0.25) is 0 Å². The highest BCUT2D eigenvalue weighted by Gasteiger charge is 2.37. The molecule has 0 saturated carbocycles. The van der Waals surface area contributed by atoms with Crippen molar-refractivity contribution in [3.63, 3.8) is 0 Å². The number of methoxy groups -OCH3 is 1. The first-order valence-corrected chi connectivity index (χ1v) is 15.6. The molecule has 246 valence electrons. The summed E-state index contributed by atoms with van der Waals surface area (Å²) in [5.74, 6) is -3.14. The quantitative estimate of drug-likeness (QED) is 0.106. The summed E-state index contributed by atoms with van der Waals surface area (Å²) < 4.78 is 27.4. The van der Waals surface area contributed by atoms with Crippen LogP contribution in [0.25, 0.3) is 11.1 Å². The zero-order chi connectivity index (χ0) is 34.2. The van der Waals surface area contributed by atoms with Crippen molar-refractivity contribution >= 4 is 24.1 Å². The maximum absolute atomic E-state index is 13.8. The molecule has 6 rings (SSSR count). The van der Waals surface area contributed by atoms with Crippen molar-refractivity contribution in [2.24, 2.45) is 0 Å². The lowest BCUT2D eigenvalue weighted by molar-refractivity contribution is -0.182. The molecule has 0 bridgehead atoms. The molecule has 0 unspecified atom stereocenters. The Morgan fingerprint density at radius 2 is 0.857 bits per heavy atom. The second kappa shape index (κ2) is 15.1. The van der Waals surface area contributed by atoms with Gasteiger partial charge in [-0.1, -0.05) is 140 Å². The molecule has 0 fully saturated rings. The van der Waals surface area contributed by atoms with Gasteiger partial charge in [0.2, 0.25) is 18.3 Å². The van der Waals surface area contributed by atoms with E-state index in [1.54, 1.807) is 91.0 Å². The van der Waals surface area contributed by atoms with E-state index in [1.165, 1.54) is 7.11 Å². The maximum atomic E-state index is 13.8. The SMILES string of the molecule is COC(=O)[C@@H](OC(=O)[C@@H](OC(=O)[C@@H](OC(=O)OCC1c2ccccc2-c2ccccc21)c1ccccc1)c1ccccc1)c1ccccc1. The molecule has 49 heavy (non-hydrogen) atoms. The van der Waals surface area contributed by atoms with Crippen LogP contribution in [0.4, 0.5) is 4.79 Å². The van der Waals surface area contributed by atoms with Crippen molar-refractivity contribution in [1.29, 1.82) is 0 Å². The molecule has 0 spiro atoms. The van der Waals surface area contributed by atoms with Crippen molar-refractivity contribution in [3.8, 4) is 11.1 Å². The van der Waals surface area contributed by atoms with Crippen molar-refractivity contribution < 1.29 is 42.9 Å². The molecule has 0 N–H and O–H groups in total. The third-order valence-corrected chi connectivity index (χ3v) is 8.16. The standard InChI is InChI=1S/C40H32O9/c1-45-37(41)34(26-15-5-2-6-16-26)47-38(42)35(27-17-7-3-8-18-27)48-39(43)36(28-19-9-4-10-20-28)49-40(44)46-25-33-31-23-13-11-21-29(31)30-22-12-14-24-32(30)33/h2-24,33-36H,25H2,1H3/t34-,35-,36-/m0/s1. The number of fused-ring (bicyclic) bond motifs is 3. The van der Waals surface area contributed by atoms with Crippen molar-refractivity contribution in [2.75, 3.05) is 13.7 Å². The molecular weight excluding hydrogens is 624 g/mol. The average molecular weight is 657 g/mol. The van der Waals surface area contributed by atoms with Gasteiger partial charge in [-0.05, 0) is 22.3 Å². The fourth-order valence-electron chi connectivity index (χ4n) is 5.82. The van der Waals surface area contributed by atoms with Gasteiger partial charge >= 0.3 is 24.1 Å². The van der Waals surface area contributed by atoms with Gasteiger partial charge in [0, 0.05) is 22.6 Å². The zero-order valence-electron chi connectivity index (χ0n) is 26.5. The van der Waals surface area contributed by atoms with E-state index in [-0.39, 0.29) is 23.7 Å². The Balaban J connectivity index is 1.22. The van der Waals surface area contributed by atoms with Crippen LogP contribution in [-0.4, -0.2) is 37.8 Å². The van der Waals surface area contributed by atoms with E-state index in [0.29, 0.717) is 5.56 Å². The van der Waals surface area contributed by atoms with Crippen LogP contribution in [0.2, 0.25) is 0 Å². The molecule has 0 heterocycles. The Kier molecular flexibility index (Phi) is 10.1. The molecule has 5 aromatic rings. The van der Waals surface area contributed by atoms with Crippen molar-refractivity contribution in [3.05, 3.63) is 167 Å². The normalized spacial score (nSPS) is 13.5. The second-order valence-electron chi connectivity index (χ2n) is 11.2. The Morgan fingerprint density at radius 1 is 0.490 bits per heavy atom. The molecule has 0 saturated heterocycles. The molecule has 1 aliphatic carbocycles. The second-order valence-corrected chi connectivity index (χ2v) is 11.2. The van der Waals surface area contributed by atoms with Crippen LogP contribution in [-0.2, 0) is 38.1 Å². The molecule has 0 amide bonds. The summed E-state index contributed by atoms with van der Waals surface area (Å²) in [5.41, 5.74) is 5.07. The van der Waals surface area contributed by atoms with Gasteiger partial charge in [0.15, 0.2) is 0 Å². The third kappa shape index (κ3) is 7.36. The molecule has 0 radical (unpaired) electrons. The average Bonchev–Trinajstić information content (AvgIpc) is 3.48. The molecular formula is C40H32O9. The largest absolute Gasteiger partial charge is 0.509 e. The van der Waals surface area contributed by atoms with E-state index < -0.39 is 42.4 Å². The number of hydrogen-bond donors (Lipinski definition) is 0. The van der Waals surface area contributed by atoms with Crippen LogP contribution < -0.4 is 0 Å². The highest BCUT2D eigenvalue weighted by molar-refractivity contribution is 5.86. The number of carbonyl (C=O) groups excluding carboxylic acids is 4. The highest BCUT2D eigenvalue weighted by Crippen LogP contribution is 2.44. The van der Waals surface area contributed by atoms with Crippen LogP contribution >= 0.6 is 0 Å². The minimum absolute atomic E-state index is 0.0310. The number of carbonyl (C=O) groups is 4. The van der Waals surface area contributed by atoms with Crippen LogP contribution in [0, 0.1) is 0 Å². The Labute approximate surface area is 283 Å². The molecule has 1 aliphatic rings. The minimum atomic E-state index is -1.62. The monoisotopic (exact) mass is 656 g/mol. The number of rotatable bonds is 11. The van der Waals surface area contributed by atoms with E-state index in [0.717, 1.165) is 22.3 Å². The number of esters is 3. The molecule has 3 atom stereocenters.